The van der Waals surface area contributed by atoms with Gasteiger partial charge in [0.15, 0.2) is 0 Å². The van der Waals surface area contributed by atoms with Gasteiger partial charge in [-0.3, -0.25) is 0 Å². The summed E-state index contributed by atoms with van der Waals surface area (Å²) in [6.07, 6.45) is 0. The van der Waals surface area contributed by atoms with Crippen LogP contribution in [0.3, 0.4) is 0 Å². The van der Waals surface area contributed by atoms with E-state index < -0.39 is 17.6 Å². The van der Waals surface area contributed by atoms with Crippen LogP contribution in [0.25, 0.3) is 280 Å². The molecule has 5 aliphatic rings. The molecule has 0 spiro atoms. The zero-order chi connectivity index (χ0) is 41.1. The van der Waals surface area contributed by atoms with Crippen LogP contribution in [0.1, 0.15) is 33.4 Å². The molecule has 32 rings (SSSR count). The molecular weight excluding hydrogens is 849 g/mol. The molecule has 27 aromatic rings. The highest BCUT2D eigenvalue weighted by molar-refractivity contribution is 6.82. The Morgan fingerprint density at radius 2 is 0.265 bits per heavy atom. The molecule has 0 saturated carbocycles. The van der Waals surface area contributed by atoms with E-state index in [1.807, 2.05) is 33.4 Å². The van der Waals surface area contributed by atoms with Gasteiger partial charge < -0.3 is 0 Å². The minimum atomic E-state index is -0.740. The van der Waals surface area contributed by atoms with Crippen molar-refractivity contribution >= 4 is 298 Å². The van der Waals surface area contributed by atoms with E-state index in [0.29, 0.717) is 0 Å². The van der Waals surface area contributed by atoms with Crippen LogP contribution in [0.15, 0.2) is 0 Å². The fourth-order valence-electron chi connectivity index (χ4n) is 25.2. The van der Waals surface area contributed by atoms with E-state index >= 15 is 0 Å². The van der Waals surface area contributed by atoms with Crippen molar-refractivity contribution < 1.29 is 0 Å². The first-order valence-corrected chi connectivity index (χ1v) is 31.3. The zero-order valence-corrected chi connectivity index (χ0v) is 38.4. The Labute approximate surface area is 377 Å². The fraction of sp³-hybridized carbons (Fsp3) is 0.121. The second-order valence-electron chi connectivity index (χ2n) is 26.3. The molecule has 0 saturated heterocycles. The molecule has 0 fully saturated rings. The Hall–Kier alpha value is -7.11. The molecule has 0 bridgehead atoms. The minimum Gasteiger partial charge on any atom is -0.0712 e. The first kappa shape index (κ1) is 26.4. The van der Waals surface area contributed by atoms with Crippen molar-refractivity contribution in [3.63, 3.8) is 0 Å². The second-order valence-corrected chi connectivity index (χ2v) is 31.9. The molecule has 27 aromatic carbocycles. The SMILES string of the molecule is C[Si](C)C[C@]12c3c4c5c6c7c8c9c%10c(c1c1c%11c2c2c%12c3c5c3c5c%12c%12c2c2c%11c%11c%13c1c%10c1c%10c9c9c7c7c6c3c3c5c5c%12c6c2c%11c2c(c%131)c1c%10c9c9c7c3c3c9c1c2c6c53)[C@@]48C[Si](C)C. The summed E-state index contributed by atoms with van der Waals surface area (Å²) >= 11 is 0. The third-order valence-corrected chi connectivity index (χ3v) is 27.3. The highest BCUT2D eigenvalue weighted by atomic mass is 28.3. The molecule has 288 valence electrons. The summed E-state index contributed by atoms with van der Waals surface area (Å²) in [4.78, 5) is 0. The van der Waals surface area contributed by atoms with Crippen LogP contribution in [0, 0.1) is 0 Å². The predicted molar refractivity (Wildman–Crippen MR) is 297 cm³/mol. The molecule has 0 aliphatic heterocycles. The van der Waals surface area contributed by atoms with Crippen LogP contribution in [-0.2, 0) is 10.8 Å². The van der Waals surface area contributed by atoms with Crippen LogP contribution in [-0.4, -0.2) is 17.6 Å². The van der Waals surface area contributed by atoms with E-state index in [0.717, 1.165) is 0 Å². The predicted octanol–water partition coefficient (Wildman–Crippen LogP) is 18.5. The molecule has 0 unspecified atom stereocenters. The lowest BCUT2D eigenvalue weighted by Crippen LogP contribution is -2.44. The van der Waals surface area contributed by atoms with Gasteiger partial charge in [0.2, 0.25) is 0 Å². The highest BCUT2D eigenvalue weighted by Crippen LogP contribution is 2.84. The summed E-state index contributed by atoms with van der Waals surface area (Å²) in [6, 6.07) is 2.61. The maximum absolute atomic E-state index is 2.71. The molecular formula is C66H16Si2. The fourth-order valence-corrected chi connectivity index (χ4v) is 28.3. The summed E-state index contributed by atoms with van der Waals surface area (Å²) in [5.41, 5.74) is 11.0. The Balaban J connectivity index is 1.24. The number of hydrogen-bond donors (Lipinski definition) is 0. The monoisotopic (exact) mass is 864 g/mol. The van der Waals surface area contributed by atoms with Crippen LogP contribution in [0.2, 0.25) is 38.3 Å². The van der Waals surface area contributed by atoms with Crippen molar-refractivity contribution in [3.8, 4) is 0 Å². The van der Waals surface area contributed by atoms with Gasteiger partial charge in [-0.05, 0) is 326 Å². The molecule has 0 nitrogen and oxygen atoms in total. The van der Waals surface area contributed by atoms with Gasteiger partial charge in [0, 0.05) is 28.4 Å². The molecule has 0 amide bonds. The van der Waals surface area contributed by atoms with Crippen molar-refractivity contribution in [1.82, 2.24) is 0 Å². The Morgan fingerprint density at radius 1 is 0.162 bits per heavy atom. The lowest BCUT2D eigenvalue weighted by Gasteiger charge is -2.50. The van der Waals surface area contributed by atoms with E-state index in [9.17, 15) is 0 Å². The van der Waals surface area contributed by atoms with Crippen molar-refractivity contribution in [2.45, 2.75) is 49.1 Å². The topological polar surface area (TPSA) is 0 Å². The molecule has 2 atom stereocenters. The van der Waals surface area contributed by atoms with Gasteiger partial charge in [-0.15, -0.1) is 0 Å². The van der Waals surface area contributed by atoms with E-state index in [4.69, 9.17) is 0 Å². The van der Waals surface area contributed by atoms with Gasteiger partial charge in [0.1, 0.15) is 0 Å². The lowest BCUT2D eigenvalue weighted by atomic mass is 9.55. The molecule has 68 heavy (non-hydrogen) atoms. The zero-order valence-electron chi connectivity index (χ0n) is 36.4. The standard InChI is InChI=1S/C66H16Si2/c1-67(2)5-65-59-51-42-35-22-15-9-10-12-8-7-11(9)20(22)26-24-13(7)17-14(8)25-27-21(12)23-16(10)19-18(15)29-37-30(19)39-36(23)43-41(27)45-32(25)34-28(17)33-31(24)44(40(26)42)55(59)57-46(33)47(34)58-56(45)60-52(43)49(39)54-50(37)53(48(51)38(29)35)61(65)62(54)66(60,6-68(3)4)64(58)63(57)65/h5-6H2,1-4H3/t65-,66+. The molecule has 5 aliphatic carbocycles. The Morgan fingerprint density at radius 3 is 0.426 bits per heavy atom. The summed E-state index contributed by atoms with van der Waals surface area (Å²) in [5.74, 6) is 0. The van der Waals surface area contributed by atoms with Gasteiger partial charge in [0.05, 0.1) is 0 Å². The van der Waals surface area contributed by atoms with Gasteiger partial charge >= 0.3 is 0 Å². The quantitative estimate of drug-likeness (QED) is 0.122. The minimum absolute atomic E-state index is 0.114. The van der Waals surface area contributed by atoms with Crippen molar-refractivity contribution in [2.24, 2.45) is 0 Å². The molecule has 2 radical (unpaired) electrons. The summed E-state index contributed by atoms with van der Waals surface area (Å²) in [7, 11) is -1.48. The highest BCUT2D eigenvalue weighted by Gasteiger charge is 2.66. The van der Waals surface area contributed by atoms with E-state index in [-0.39, 0.29) is 10.8 Å². The Kier molecular flexibility index (Phi) is 2.31. The maximum Gasteiger partial charge on any atom is 0.0458 e. The lowest BCUT2D eigenvalue weighted by molar-refractivity contribution is 0.601. The van der Waals surface area contributed by atoms with E-state index in [1.54, 1.807) is 280 Å². The number of benzene rings is 17. The van der Waals surface area contributed by atoms with Gasteiger partial charge in [-0.2, -0.15) is 0 Å². The molecule has 0 N–H and O–H groups in total. The average Bonchev–Trinajstić information content (AvgIpc) is 4.16. The maximum atomic E-state index is 2.71. The first-order chi connectivity index (χ1) is 33.6. The van der Waals surface area contributed by atoms with Crippen LogP contribution < -0.4 is 0 Å². The molecule has 0 heterocycles. The smallest absolute Gasteiger partial charge is 0.0458 e. The van der Waals surface area contributed by atoms with Crippen molar-refractivity contribution in [2.75, 3.05) is 0 Å². The normalized spacial score (nSPS) is 22.3. The van der Waals surface area contributed by atoms with Gasteiger partial charge in [0.25, 0.3) is 0 Å². The Bertz CT molecular complexity index is 6720. The van der Waals surface area contributed by atoms with Crippen molar-refractivity contribution in [1.29, 1.82) is 0 Å². The molecule has 0 aromatic heterocycles. The van der Waals surface area contributed by atoms with Gasteiger partial charge in [-0.25, -0.2) is 0 Å². The third-order valence-electron chi connectivity index (χ3n) is 24.8. The third kappa shape index (κ3) is 1.40. The van der Waals surface area contributed by atoms with Crippen molar-refractivity contribution in [3.05, 3.63) is 33.4 Å². The first-order valence-electron chi connectivity index (χ1n) is 25.9. The summed E-state index contributed by atoms with van der Waals surface area (Å²) in [6.45, 7) is 10.8. The summed E-state index contributed by atoms with van der Waals surface area (Å²) < 4.78 is 0. The average molecular weight is 865 g/mol. The number of hydrogen-bond acceptors (Lipinski definition) is 0. The van der Waals surface area contributed by atoms with E-state index in [1.165, 1.54) is 12.1 Å². The number of rotatable bonds is 4. The second kappa shape index (κ2) is 5.95. The summed E-state index contributed by atoms with van der Waals surface area (Å²) in [5, 5.41) is 89.1. The van der Waals surface area contributed by atoms with Crippen LogP contribution in [0.4, 0.5) is 0 Å². The van der Waals surface area contributed by atoms with E-state index in [2.05, 4.69) is 26.2 Å². The van der Waals surface area contributed by atoms with Crippen LogP contribution >= 0.6 is 0 Å². The van der Waals surface area contributed by atoms with Gasteiger partial charge in [-0.1, -0.05) is 26.2 Å². The largest absolute Gasteiger partial charge is 0.0712 e. The molecule has 2 heteroatoms. The van der Waals surface area contributed by atoms with Crippen LogP contribution in [0.5, 0.6) is 0 Å².